The van der Waals surface area contributed by atoms with Crippen LogP contribution in [0.15, 0.2) is 75.4 Å². The summed E-state index contributed by atoms with van der Waals surface area (Å²) in [6, 6.07) is 16.2. The molecular formula is C27H27FN2O4S. The van der Waals surface area contributed by atoms with Crippen molar-refractivity contribution in [3.8, 4) is 0 Å². The molecule has 0 amide bonds. The minimum absolute atomic E-state index is 0.0617. The number of carboxylic acid groups (broad SMARTS) is 1. The molecule has 35 heavy (non-hydrogen) atoms. The van der Waals surface area contributed by atoms with Gasteiger partial charge in [0.2, 0.25) is 9.84 Å². The molecule has 1 N–H and O–H groups in total. The third-order valence-corrected chi connectivity index (χ3v) is 8.14. The van der Waals surface area contributed by atoms with Crippen LogP contribution in [-0.2, 0) is 14.6 Å². The molecular weight excluding hydrogens is 467 g/mol. The monoisotopic (exact) mass is 494 g/mol. The number of benzene rings is 3. The number of hydrogen-bond acceptors (Lipinski definition) is 5. The molecule has 3 aromatic rings. The summed E-state index contributed by atoms with van der Waals surface area (Å²) in [4.78, 5) is 17.1. The number of nitrogens with zero attached hydrogens (tertiary/aromatic N) is 2. The lowest BCUT2D eigenvalue weighted by Crippen LogP contribution is -2.32. The third-order valence-electron chi connectivity index (χ3n) is 6.31. The molecule has 4 rings (SSSR count). The maximum atomic E-state index is 15.0. The summed E-state index contributed by atoms with van der Waals surface area (Å²) < 4.78 is 42.1. The molecule has 0 saturated heterocycles. The largest absolute Gasteiger partial charge is 0.481 e. The first-order valence-electron chi connectivity index (χ1n) is 11.3. The van der Waals surface area contributed by atoms with E-state index < -0.39 is 39.0 Å². The van der Waals surface area contributed by atoms with Gasteiger partial charge in [0.05, 0.1) is 22.7 Å². The Labute approximate surface area is 204 Å². The van der Waals surface area contributed by atoms with Crippen molar-refractivity contribution in [3.63, 3.8) is 0 Å². The van der Waals surface area contributed by atoms with E-state index in [1.165, 1.54) is 23.8 Å². The molecule has 6 nitrogen and oxygen atoms in total. The van der Waals surface area contributed by atoms with Gasteiger partial charge in [-0.25, -0.2) is 12.8 Å². The van der Waals surface area contributed by atoms with Crippen LogP contribution in [0.3, 0.4) is 0 Å². The maximum absolute atomic E-state index is 15.0. The van der Waals surface area contributed by atoms with Gasteiger partial charge in [-0.2, -0.15) is 0 Å². The van der Waals surface area contributed by atoms with Crippen molar-refractivity contribution >= 4 is 32.8 Å². The van der Waals surface area contributed by atoms with Gasteiger partial charge in [-0.1, -0.05) is 26.0 Å². The highest BCUT2D eigenvalue weighted by Crippen LogP contribution is 2.29. The van der Waals surface area contributed by atoms with E-state index in [0.717, 1.165) is 17.4 Å². The quantitative estimate of drug-likeness (QED) is 0.532. The van der Waals surface area contributed by atoms with Crippen molar-refractivity contribution in [3.05, 3.63) is 82.6 Å². The van der Waals surface area contributed by atoms with Crippen molar-refractivity contribution in [1.29, 1.82) is 0 Å². The van der Waals surface area contributed by atoms with Crippen molar-refractivity contribution in [2.24, 2.45) is 4.99 Å². The molecule has 1 unspecified atom stereocenters. The molecule has 0 aliphatic carbocycles. The van der Waals surface area contributed by atoms with Crippen LogP contribution in [0.2, 0.25) is 0 Å². The summed E-state index contributed by atoms with van der Waals surface area (Å²) >= 11 is 0. The number of sulfone groups is 1. The molecule has 3 aromatic carbocycles. The number of anilines is 2. The molecule has 0 aromatic heterocycles. The van der Waals surface area contributed by atoms with Crippen LogP contribution < -0.4 is 15.5 Å². The lowest BCUT2D eigenvalue weighted by molar-refractivity contribution is -0.135. The number of halogens is 1. The highest BCUT2D eigenvalue weighted by atomic mass is 32.2. The van der Waals surface area contributed by atoms with E-state index in [9.17, 15) is 18.3 Å². The van der Waals surface area contributed by atoms with E-state index >= 15 is 4.39 Å². The lowest BCUT2D eigenvalue weighted by Gasteiger charge is -2.21. The summed E-state index contributed by atoms with van der Waals surface area (Å²) in [5.41, 5.74) is 3.20. The first kappa shape index (κ1) is 24.6. The third kappa shape index (κ3) is 4.58. The fraction of sp³-hybridized carbons (Fsp3) is 0.259. The minimum atomic E-state index is -4.28. The predicted molar refractivity (Wildman–Crippen MR) is 133 cm³/mol. The van der Waals surface area contributed by atoms with Crippen LogP contribution in [-0.4, -0.2) is 32.6 Å². The molecule has 1 aliphatic heterocycles. The Balaban J connectivity index is 1.78. The molecule has 0 saturated carbocycles. The number of carbonyl (C=O) groups is 1. The summed E-state index contributed by atoms with van der Waals surface area (Å²) in [5, 5.41) is 9.66. The highest BCUT2D eigenvalue weighted by Gasteiger charge is 2.29. The Morgan fingerprint density at radius 2 is 1.77 bits per heavy atom. The van der Waals surface area contributed by atoms with Crippen LogP contribution in [0.25, 0.3) is 5.57 Å². The average molecular weight is 495 g/mol. The van der Waals surface area contributed by atoms with Crippen molar-refractivity contribution in [1.82, 2.24) is 0 Å². The molecule has 8 heteroatoms. The van der Waals surface area contributed by atoms with Gasteiger partial charge in [0.15, 0.2) is 0 Å². The van der Waals surface area contributed by atoms with Crippen molar-refractivity contribution < 1.29 is 22.7 Å². The van der Waals surface area contributed by atoms with Crippen LogP contribution in [0.4, 0.5) is 15.8 Å². The van der Waals surface area contributed by atoms with Gasteiger partial charge in [0, 0.05) is 23.6 Å². The van der Waals surface area contributed by atoms with Gasteiger partial charge < -0.3 is 10.0 Å². The first-order chi connectivity index (χ1) is 16.5. The fourth-order valence-electron chi connectivity index (χ4n) is 4.33. The zero-order valence-electron chi connectivity index (χ0n) is 20.0. The number of rotatable bonds is 7. The van der Waals surface area contributed by atoms with Gasteiger partial charge in [-0.05, 0) is 72.5 Å². The lowest BCUT2D eigenvalue weighted by atomic mass is 10.0. The smallest absolute Gasteiger partial charge is 0.307 e. The fourth-order valence-corrected chi connectivity index (χ4v) is 5.89. The summed E-state index contributed by atoms with van der Waals surface area (Å²) in [6.45, 7) is 5.91. The van der Waals surface area contributed by atoms with Crippen LogP contribution in [0, 0.1) is 5.82 Å². The van der Waals surface area contributed by atoms with Gasteiger partial charge in [-0.3, -0.25) is 9.79 Å². The molecule has 0 fully saturated rings. The Morgan fingerprint density at radius 3 is 2.40 bits per heavy atom. The van der Waals surface area contributed by atoms with E-state index in [2.05, 4.69) is 31.0 Å². The maximum Gasteiger partial charge on any atom is 0.307 e. The highest BCUT2D eigenvalue weighted by molar-refractivity contribution is 7.91. The van der Waals surface area contributed by atoms with E-state index in [1.807, 2.05) is 24.1 Å². The normalized spacial score (nSPS) is 15.1. The molecule has 182 valence electrons. The SMILES string of the molecule is CC1N=c2ccc(F)c(S(=O)(=O)c3ccc(N(C)c4cccc(C(C)C)c4)cc3)c2=C1CC(=O)O. The zero-order valence-corrected chi connectivity index (χ0v) is 20.8. The standard InChI is InChI=1S/C27H27FN2O4S/c1-16(2)18-6-5-7-20(14-18)30(4)19-8-10-21(11-9-19)35(33,34)27-23(28)12-13-24-26(27)22(15-25(31)32)17(3)29-24/h5-14,16-17H,15H2,1-4H3,(H,31,32). The van der Waals surface area contributed by atoms with Gasteiger partial charge >= 0.3 is 5.97 Å². The van der Waals surface area contributed by atoms with E-state index in [-0.39, 0.29) is 21.0 Å². The number of hydrogen-bond donors (Lipinski definition) is 1. The molecule has 1 heterocycles. The number of aliphatic carboxylic acids is 1. The molecule has 1 aliphatic rings. The summed E-state index contributed by atoms with van der Waals surface area (Å²) in [7, 11) is -2.39. The average Bonchev–Trinajstić information content (AvgIpc) is 3.12. The van der Waals surface area contributed by atoms with E-state index in [4.69, 9.17) is 0 Å². The Bertz CT molecular complexity index is 1530. The summed E-state index contributed by atoms with van der Waals surface area (Å²) in [5.74, 6) is -1.69. The first-order valence-corrected chi connectivity index (χ1v) is 12.8. The Morgan fingerprint density at radius 1 is 1.09 bits per heavy atom. The van der Waals surface area contributed by atoms with E-state index in [0.29, 0.717) is 5.92 Å². The van der Waals surface area contributed by atoms with Gasteiger partial charge in [0.25, 0.3) is 0 Å². The second-order valence-corrected chi connectivity index (χ2v) is 10.9. The molecule has 0 bridgehead atoms. The topological polar surface area (TPSA) is 87.0 Å². The van der Waals surface area contributed by atoms with Gasteiger partial charge in [0.1, 0.15) is 10.7 Å². The second-order valence-electron chi connectivity index (χ2n) is 8.98. The van der Waals surface area contributed by atoms with Crippen molar-refractivity contribution in [2.45, 2.75) is 48.9 Å². The number of fused-ring (bicyclic) bond motifs is 1. The summed E-state index contributed by atoms with van der Waals surface area (Å²) in [6.07, 6.45) is -0.414. The number of carboxylic acids is 1. The van der Waals surface area contributed by atoms with Crippen LogP contribution in [0.5, 0.6) is 0 Å². The predicted octanol–water partition coefficient (Wildman–Crippen LogP) is 4.20. The molecule has 0 radical (unpaired) electrons. The second kappa shape index (κ2) is 9.26. The Hall–Kier alpha value is -3.52. The molecule has 1 atom stereocenters. The van der Waals surface area contributed by atoms with Crippen molar-refractivity contribution in [2.75, 3.05) is 11.9 Å². The minimum Gasteiger partial charge on any atom is -0.481 e. The zero-order chi connectivity index (χ0) is 25.5. The Kier molecular flexibility index (Phi) is 6.51. The van der Waals surface area contributed by atoms with E-state index in [1.54, 1.807) is 19.1 Å². The molecule has 0 spiro atoms. The van der Waals surface area contributed by atoms with Crippen LogP contribution >= 0.6 is 0 Å². The van der Waals surface area contributed by atoms with Crippen LogP contribution in [0.1, 0.15) is 38.7 Å². The van der Waals surface area contributed by atoms with Gasteiger partial charge in [-0.15, -0.1) is 0 Å².